The van der Waals surface area contributed by atoms with E-state index in [-0.39, 0.29) is 10.8 Å². The number of benzene rings is 1. The van der Waals surface area contributed by atoms with E-state index in [0.717, 1.165) is 36.8 Å². The van der Waals surface area contributed by atoms with Gasteiger partial charge in [0.25, 0.3) is 0 Å². The quantitative estimate of drug-likeness (QED) is 0.793. The van der Waals surface area contributed by atoms with Gasteiger partial charge in [0.15, 0.2) is 0 Å². The standard InChI is InChI=1S/C17H25ClFN/c1-3-9-20-17(14-6-4-5-12(14)2)11-13-7-8-16(19)15(18)10-13/h7-8,10,12,14,17,20H,3-6,9,11H2,1-2H3. The zero-order chi connectivity index (χ0) is 14.5. The normalized spacial score (nSPS) is 24.0. The lowest BCUT2D eigenvalue weighted by atomic mass is 9.86. The van der Waals surface area contributed by atoms with Gasteiger partial charge in [0.05, 0.1) is 5.02 Å². The molecule has 112 valence electrons. The lowest BCUT2D eigenvalue weighted by Crippen LogP contribution is -2.39. The lowest BCUT2D eigenvalue weighted by Gasteiger charge is -2.28. The summed E-state index contributed by atoms with van der Waals surface area (Å²) in [5.74, 6) is 1.17. The molecule has 1 aliphatic carbocycles. The van der Waals surface area contributed by atoms with Crippen LogP contribution in [0.4, 0.5) is 4.39 Å². The topological polar surface area (TPSA) is 12.0 Å². The Morgan fingerprint density at radius 1 is 1.40 bits per heavy atom. The van der Waals surface area contributed by atoms with Crippen LogP contribution in [0.2, 0.25) is 5.02 Å². The zero-order valence-electron chi connectivity index (χ0n) is 12.5. The highest BCUT2D eigenvalue weighted by Crippen LogP contribution is 2.35. The molecular formula is C17H25ClFN. The number of rotatable bonds is 6. The van der Waals surface area contributed by atoms with Gasteiger partial charge >= 0.3 is 0 Å². The van der Waals surface area contributed by atoms with Crippen LogP contribution in [-0.4, -0.2) is 12.6 Å². The molecule has 0 amide bonds. The second-order valence-electron chi connectivity index (χ2n) is 6.09. The average Bonchev–Trinajstić information content (AvgIpc) is 2.85. The maximum Gasteiger partial charge on any atom is 0.141 e. The molecule has 0 bridgehead atoms. The van der Waals surface area contributed by atoms with Crippen molar-refractivity contribution < 1.29 is 4.39 Å². The van der Waals surface area contributed by atoms with Crippen LogP contribution in [-0.2, 0) is 6.42 Å². The summed E-state index contributed by atoms with van der Waals surface area (Å²) in [6, 6.07) is 5.60. The Hall–Kier alpha value is -0.600. The van der Waals surface area contributed by atoms with E-state index in [1.165, 1.54) is 25.3 Å². The molecule has 1 aromatic carbocycles. The minimum absolute atomic E-state index is 0.233. The summed E-state index contributed by atoms with van der Waals surface area (Å²) in [5, 5.41) is 3.92. The Balaban J connectivity index is 2.08. The van der Waals surface area contributed by atoms with E-state index < -0.39 is 0 Å². The molecule has 1 nitrogen and oxygen atoms in total. The molecule has 1 saturated carbocycles. The van der Waals surface area contributed by atoms with E-state index in [1.54, 1.807) is 6.07 Å². The molecule has 1 N–H and O–H groups in total. The highest BCUT2D eigenvalue weighted by molar-refractivity contribution is 6.30. The molecule has 0 aromatic heterocycles. The average molecular weight is 298 g/mol. The molecule has 1 aromatic rings. The fraction of sp³-hybridized carbons (Fsp3) is 0.647. The summed E-state index contributed by atoms with van der Waals surface area (Å²) in [5.41, 5.74) is 1.13. The van der Waals surface area contributed by atoms with Crippen LogP contribution in [0.1, 0.15) is 45.1 Å². The summed E-state index contributed by atoms with van der Waals surface area (Å²) in [7, 11) is 0. The molecular weight excluding hydrogens is 273 g/mol. The van der Waals surface area contributed by atoms with Gasteiger partial charge < -0.3 is 5.32 Å². The molecule has 0 saturated heterocycles. The van der Waals surface area contributed by atoms with Gasteiger partial charge in [0.1, 0.15) is 5.82 Å². The van der Waals surface area contributed by atoms with Gasteiger partial charge in [-0.15, -0.1) is 0 Å². The molecule has 3 atom stereocenters. The molecule has 0 aliphatic heterocycles. The van der Waals surface area contributed by atoms with Crippen molar-refractivity contribution in [2.45, 2.75) is 52.0 Å². The Labute approximate surface area is 126 Å². The number of nitrogens with one attached hydrogen (secondary N) is 1. The smallest absolute Gasteiger partial charge is 0.141 e. The monoisotopic (exact) mass is 297 g/mol. The fourth-order valence-electron chi connectivity index (χ4n) is 3.40. The Morgan fingerprint density at radius 3 is 2.80 bits per heavy atom. The van der Waals surface area contributed by atoms with Gasteiger partial charge in [-0.05, 0) is 55.3 Å². The Kier molecular flexibility index (Phi) is 5.86. The minimum Gasteiger partial charge on any atom is -0.313 e. The highest BCUT2D eigenvalue weighted by atomic mass is 35.5. The Morgan fingerprint density at radius 2 is 2.20 bits per heavy atom. The molecule has 0 spiro atoms. The first kappa shape index (κ1) is 15.8. The number of halogens is 2. The summed E-state index contributed by atoms with van der Waals surface area (Å²) in [6.07, 6.45) is 6.05. The van der Waals surface area contributed by atoms with Crippen molar-refractivity contribution in [3.63, 3.8) is 0 Å². The van der Waals surface area contributed by atoms with Crippen LogP contribution in [0.25, 0.3) is 0 Å². The van der Waals surface area contributed by atoms with Gasteiger partial charge in [-0.3, -0.25) is 0 Å². The van der Waals surface area contributed by atoms with Gasteiger partial charge in [-0.1, -0.05) is 44.4 Å². The van der Waals surface area contributed by atoms with E-state index in [1.807, 2.05) is 6.07 Å². The van der Waals surface area contributed by atoms with Crippen molar-refractivity contribution in [1.82, 2.24) is 5.32 Å². The summed E-state index contributed by atoms with van der Waals surface area (Å²) in [4.78, 5) is 0. The third kappa shape index (κ3) is 3.95. The molecule has 3 unspecified atom stereocenters. The molecule has 1 fully saturated rings. The zero-order valence-corrected chi connectivity index (χ0v) is 13.2. The van der Waals surface area contributed by atoms with E-state index in [0.29, 0.717) is 6.04 Å². The maximum atomic E-state index is 13.3. The first-order valence-corrected chi connectivity index (χ1v) is 8.17. The Bertz CT molecular complexity index is 435. The molecule has 3 heteroatoms. The van der Waals surface area contributed by atoms with E-state index in [2.05, 4.69) is 19.2 Å². The second kappa shape index (κ2) is 7.42. The molecule has 1 aliphatic rings. The van der Waals surface area contributed by atoms with E-state index >= 15 is 0 Å². The second-order valence-corrected chi connectivity index (χ2v) is 6.49. The van der Waals surface area contributed by atoms with Gasteiger partial charge in [-0.2, -0.15) is 0 Å². The van der Waals surface area contributed by atoms with Crippen LogP contribution < -0.4 is 5.32 Å². The van der Waals surface area contributed by atoms with E-state index in [9.17, 15) is 4.39 Å². The van der Waals surface area contributed by atoms with Gasteiger partial charge in [-0.25, -0.2) is 4.39 Å². The highest BCUT2D eigenvalue weighted by Gasteiger charge is 2.30. The molecule has 0 radical (unpaired) electrons. The predicted molar refractivity (Wildman–Crippen MR) is 83.7 cm³/mol. The lowest BCUT2D eigenvalue weighted by molar-refractivity contribution is 0.295. The first-order chi connectivity index (χ1) is 9.61. The van der Waals surface area contributed by atoms with Crippen molar-refractivity contribution in [2.75, 3.05) is 6.54 Å². The SMILES string of the molecule is CCCNC(Cc1ccc(F)c(Cl)c1)C1CCCC1C. The summed E-state index contributed by atoms with van der Waals surface area (Å²) in [6.45, 7) is 5.59. The van der Waals surface area contributed by atoms with Gasteiger partial charge in [0.2, 0.25) is 0 Å². The largest absolute Gasteiger partial charge is 0.313 e. The molecule has 20 heavy (non-hydrogen) atoms. The van der Waals surface area contributed by atoms with Crippen molar-refractivity contribution in [3.05, 3.63) is 34.6 Å². The molecule has 2 rings (SSSR count). The van der Waals surface area contributed by atoms with Crippen LogP contribution >= 0.6 is 11.6 Å². The van der Waals surface area contributed by atoms with Gasteiger partial charge in [0, 0.05) is 6.04 Å². The molecule has 0 heterocycles. The minimum atomic E-state index is -0.331. The van der Waals surface area contributed by atoms with Crippen molar-refractivity contribution in [3.8, 4) is 0 Å². The first-order valence-electron chi connectivity index (χ1n) is 7.79. The van der Waals surface area contributed by atoms with Crippen LogP contribution in [0.5, 0.6) is 0 Å². The maximum absolute atomic E-state index is 13.3. The summed E-state index contributed by atoms with van der Waals surface area (Å²) < 4.78 is 13.3. The fourth-order valence-corrected chi connectivity index (χ4v) is 3.60. The van der Waals surface area contributed by atoms with Crippen LogP contribution in [0.3, 0.4) is 0 Å². The van der Waals surface area contributed by atoms with Crippen molar-refractivity contribution in [2.24, 2.45) is 11.8 Å². The number of hydrogen-bond donors (Lipinski definition) is 1. The third-order valence-electron chi connectivity index (χ3n) is 4.54. The number of hydrogen-bond acceptors (Lipinski definition) is 1. The van der Waals surface area contributed by atoms with Crippen molar-refractivity contribution >= 4 is 11.6 Å². The van der Waals surface area contributed by atoms with E-state index in [4.69, 9.17) is 11.6 Å². The predicted octanol–water partition coefficient (Wildman–Crippen LogP) is 4.83. The third-order valence-corrected chi connectivity index (χ3v) is 4.83. The summed E-state index contributed by atoms with van der Waals surface area (Å²) >= 11 is 5.89. The van der Waals surface area contributed by atoms with Crippen molar-refractivity contribution in [1.29, 1.82) is 0 Å². The van der Waals surface area contributed by atoms with Crippen LogP contribution in [0.15, 0.2) is 18.2 Å². The van der Waals surface area contributed by atoms with Crippen LogP contribution in [0, 0.1) is 17.7 Å².